The lowest BCUT2D eigenvalue weighted by Gasteiger charge is -2.03. The largest absolute Gasteiger partial charge is 0.476 e. The molecule has 1 fully saturated rings. The SMILES string of the molecule is CCc1nc(C(=O)O)c(C2CCOC2)s1. The van der Waals surface area contributed by atoms with Crippen LogP contribution in [0.4, 0.5) is 0 Å². The number of aryl methyl sites for hydroxylation is 1. The third-order valence-electron chi connectivity index (χ3n) is 2.50. The smallest absolute Gasteiger partial charge is 0.355 e. The number of aromatic carboxylic acids is 1. The Morgan fingerprint density at radius 2 is 2.53 bits per heavy atom. The highest BCUT2D eigenvalue weighted by Gasteiger charge is 2.26. The van der Waals surface area contributed by atoms with Crippen LogP contribution in [-0.4, -0.2) is 29.3 Å². The predicted molar refractivity (Wildman–Crippen MR) is 56.6 cm³/mol. The fourth-order valence-electron chi connectivity index (χ4n) is 1.70. The van der Waals surface area contributed by atoms with Gasteiger partial charge in [-0.1, -0.05) is 6.92 Å². The molecule has 0 aromatic carbocycles. The van der Waals surface area contributed by atoms with Crippen LogP contribution in [0.3, 0.4) is 0 Å². The average molecular weight is 227 g/mol. The van der Waals surface area contributed by atoms with Gasteiger partial charge in [-0.2, -0.15) is 0 Å². The summed E-state index contributed by atoms with van der Waals surface area (Å²) in [6, 6.07) is 0. The summed E-state index contributed by atoms with van der Waals surface area (Å²) in [5, 5.41) is 9.94. The summed E-state index contributed by atoms with van der Waals surface area (Å²) in [5.41, 5.74) is 0.229. The molecule has 0 spiro atoms. The van der Waals surface area contributed by atoms with Gasteiger partial charge in [-0.05, 0) is 12.8 Å². The molecular weight excluding hydrogens is 214 g/mol. The van der Waals surface area contributed by atoms with E-state index in [1.165, 1.54) is 11.3 Å². The van der Waals surface area contributed by atoms with Gasteiger partial charge in [0.25, 0.3) is 0 Å². The van der Waals surface area contributed by atoms with Crippen LogP contribution >= 0.6 is 11.3 Å². The Balaban J connectivity index is 2.34. The van der Waals surface area contributed by atoms with Crippen molar-refractivity contribution >= 4 is 17.3 Å². The number of rotatable bonds is 3. The molecule has 0 aliphatic carbocycles. The van der Waals surface area contributed by atoms with Crippen LogP contribution < -0.4 is 0 Å². The molecule has 1 aliphatic heterocycles. The van der Waals surface area contributed by atoms with E-state index >= 15 is 0 Å². The van der Waals surface area contributed by atoms with Gasteiger partial charge in [0, 0.05) is 17.4 Å². The first-order chi connectivity index (χ1) is 7.22. The number of aromatic nitrogens is 1. The summed E-state index contributed by atoms with van der Waals surface area (Å²) >= 11 is 1.51. The van der Waals surface area contributed by atoms with Crippen molar-refractivity contribution in [1.29, 1.82) is 0 Å². The number of ether oxygens (including phenoxy) is 1. The third kappa shape index (κ3) is 2.03. The maximum absolute atomic E-state index is 11.0. The average Bonchev–Trinajstić information content (AvgIpc) is 2.86. The molecule has 0 bridgehead atoms. The lowest BCUT2D eigenvalue weighted by Crippen LogP contribution is -2.05. The van der Waals surface area contributed by atoms with Crippen LogP contribution in [0.25, 0.3) is 0 Å². The second kappa shape index (κ2) is 4.28. The van der Waals surface area contributed by atoms with Gasteiger partial charge in [-0.25, -0.2) is 9.78 Å². The minimum absolute atomic E-state index is 0.229. The molecule has 1 N–H and O–H groups in total. The lowest BCUT2D eigenvalue weighted by atomic mass is 10.1. The molecule has 82 valence electrons. The first-order valence-electron chi connectivity index (χ1n) is 5.03. The molecule has 1 atom stereocenters. The first kappa shape index (κ1) is 10.6. The number of hydrogen-bond acceptors (Lipinski definition) is 4. The molecule has 1 aliphatic rings. The maximum Gasteiger partial charge on any atom is 0.355 e. The third-order valence-corrected chi connectivity index (χ3v) is 3.87. The van der Waals surface area contributed by atoms with Crippen LogP contribution in [0.1, 0.15) is 39.6 Å². The molecule has 4 nitrogen and oxygen atoms in total. The van der Waals surface area contributed by atoms with E-state index in [-0.39, 0.29) is 11.6 Å². The van der Waals surface area contributed by atoms with Crippen molar-refractivity contribution in [3.63, 3.8) is 0 Å². The minimum Gasteiger partial charge on any atom is -0.476 e. The van der Waals surface area contributed by atoms with Gasteiger partial charge in [0.05, 0.1) is 11.6 Å². The molecule has 2 heterocycles. The van der Waals surface area contributed by atoms with E-state index in [0.717, 1.165) is 29.3 Å². The van der Waals surface area contributed by atoms with Crippen molar-refractivity contribution in [2.75, 3.05) is 13.2 Å². The van der Waals surface area contributed by atoms with Crippen LogP contribution in [0.15, 0.2) is 0 Å². The molecule has 1 unspecified atom stereocenters. The summed E-state index contributed by atoms with van der Waals surface area (Å²) in [5.74, 6) is -0.693. The summed E-state index contributed by atoms with van der Waals surface area (Å²) in [6.45, 7) is 3.34. The second-order valence-corrected chi connectivity index (χ2v) is 4.65. The van der Waals surface area contributed by atoms with Crippen LogP contribution in [0.2, 0.25) is 0 Å². The number of hydrogen-bond donors (Lipinski definition) is 1. The molecule has 5 heteroatoms. The van der Waals surface area contributed by atoms with E-state index in [0.29, 0.717) is 6.61 Å². The summed E-state index contributed by atoms with van der Waals surface area (Å²) in [7, 11) is 0. The first-order valence-corrected chi connectivity index (χ1v) is 5.84. The highest BCUT2D eigenvalue weighted by atomic mass is 32.1. The van der Waals surface area contributed by atoms with E-state index in [4.69, 9.17) is 9.84 Å². The van der Waals surface area contributed by atoms with Gasteiger partial charge >= 0.3 is 5.97 Å². The van der Waals surface area contributed by atoms with Crippen LogP contribution in [0, 0.1) is 0 Å². The van der Waals surface area contributed by atoms with E-state index in [9.17, 15) is 4.79 Å². The Morgan fingerprint density at radius 1 is 1.73 bits per heavy atom. The molecule has 1 aromatic rings. The summed E-state index contributed by atoms with van der Waals surface area (Å²) in [4.78, 5) is 16.0. The minimum atomic E-state index is -0.923. The van der Waals surface area contributed by atoms with Crippen molar-refractivity contribution in [2.45, 2.75) is 25.7 Å². The van der Waals surface area contributed by atoms with Gasteiger partial charge in [-0.3, -0.25) is 0 Å². The monoisotopic (exact) mass is 227 g/mol. The quantitative estimate of drug-likeness (QED) is 0.856. The van der Waals surface area contributed by atoms with Crippen molar-refractivity contribution in [3.05, 3.63) is 15.6 Å². The highest BCUT2D eigenvalue weighted by Crippen LogP contribution is 2.32. The Kier molecular flexibility index (Phi) is 3.02. The predicted octanol–water partition coefficient (Wildman–Crippen LogP) is 1.91. The molecule has 0 radical (unpaired) electrons. The van der Waals surface area contributed by atoms with Gasteiger partial charge in [0.2, 0.25) is 0 Å². The Hall–Kier alpha value is -0.940. The maximum atomic E-state index is 11.0. The van der Waals surface area contributed by atoms with E-state index < -0.39 is 5.97 Å². The van der Waals surface area contributed by atoms with Crippen molar-refractivity contribution in [2.24, 2.45) is 0 Å². The zero-order chi connectivity index (χ0) is 10.8. The molecule has 1 saturated heterocycles. The normalized spacial score (nSPS) is 20.7. The number of nitrogens with zero attached hydrogens (tertiary/aromatic N) is 1. The van der Waals surface area contributed by atoms with Gasteiger partial charge in [0.15, 0.2) is 5.69 Å². The lowest BCUT2D eigenvalue weighted by molar-refractivity contribution is 0.0689. The molecule has 2 rings (SSSR count). The van der Waals surface area contributed by atoms with E-state index in [2.05, 4.69) is 4.98 Å². The molecule has 0 saturated carbocycles. The molecular formula is C10H13NO3S. The Morgan fingerprint density at radius 3 is 3.07 bits per heavy atom. The topological polar surface area (TPSA) is 59.4 Å². The number of carbonyl (C=O) groups is 1. The number of carboxylic acid groups (broad SMARTS) is 1. The summed E-state index contributed by atoms with van der Waals surface area (Å²) in [6.07, 6.45) is 1.70. The fourth-order valence-corrected chi connectivity index (χ4v) is 2.82. The standard InChI is InChI=1S/C10H13NO3S/c1-2-7-11-8(10(12)13)9(15-7)6-3-4-14-5-6/h6H,2-5H2,1H3,(H,12,13). The van der Waals surface area contributed by atoms with E-state index in [1.54, 1.807) is 0 Å². The fraction of sp³-hybridized carbons (Fsp3) is 0.600. The van der Waals surface area contributed by atoms with Crippen LogP contribution in [-0.2, 0) is 11.2 Å². The second-order valence-electron chi connectivity index (χ2n) is 3.54. The van der Waals surface area contributed by atoms with Crippen molar-refractivity contribution in [1.82, 2.24) is 4.98 Å². The van der Waals surface area contributed by atoms with Crippen LogP contribution in [0.5, 0.6) is 0 Å². The van der Waals surface area contributed by atoms with Gasteiger partial charge < -0.3 is 9.84 Å². The zero-order valence-corrected chi connectivity index (χ0v) is 9.34. The molecule has 15 heavy (non-hydrogen) atoms. The van der Waals surface area contributed by atoms with Gasteiger partial charge in [-0.15, -0.1) is 11.3 Å². The zero-order valence-electron chi connectivity index (χ0n) is 8.52. The molecule has 0 amide bonds. The van der Waals surface area contributed by atoms with Gasteiger partial charge in [0.1, 0.15) is 0 Å². The Labute approximate surface area is 91.9 Å². The number of carboxylic acids is 1. The Bertz CT molecular complexity index is 369. The molecule has 1 aromatic heterocycles. The summed E-state index contributed by atoms with van der Waals surface area (Å²) < 4.78 is 5.28. The van der Waals surface area contributed by atoms with Crippen molar-refractivity contribution < 1.29 is 14.6 Å². The van der Waals surface area contributed by atoms with E-state index in [1.807, 2.05) is 6.92 Å². The highest BCUT2D eigenvalue weighted by molar-refractivity contribution is 7.12. The van der Waals surface area contributed by atoms with Crippen molar-refractivity contribution in [3.8, 4) is 0 Å². The number of thiazole rings is 1.